The lowest BCUT2D eigenvalue weighted by molar-refractivity contribution is -0.141. The van der Waals surface area contributed by atoms with Gasteiger partial charge in [-0.25, -0.2) is 4.98 Å². The summed E-state index contributed by atoms with van der Waals surface area (Å²) in [6, 6.07) is 17.8. The van der Waals surface area contributed by atoms with Gasteiger partial charge in [0.05, 0.1) is 40.9 Å². The minimum absolute atomic E-state index is 0.0751. The second-order valence-electron chi connectivity index (χ2n) is 14.6. The summed E-state index contributed by atoms with van der Waals surface area (Å²) in [7, 11) is 1.42. The van der Waals surface area contributed by atoms with E-state index in [0.29, 0.717) is 45.6 Å². The van der Waals surface area contributed by atoms with E-state index in [1.165, 1.54) is 36.3 Å². The number of halogens is 5. The normalized spacial score (nSPS) is 25.6. The molecule has 3 heterocycles. The molecule has 8 rings (SSSR count). The number of rotatable bonds is 8. The second-order valence-corrected chi connectivity index (χ2v) is 15.4. The SMILES string of the molecule is COc1ccc(O)c([C@H]2C3=CC[C@@H]4C(=O)N(CCc5ccc(O)cc5)C(=O)[C@@H]4[C@@H]3C[C@H]3C(=O)N(Nc4ncc(C(F)(F)F)cc4Cl)C(=O)[C@@]23c2ccc(Cl)cc2)c1. The molecule has 2 aliphatic carbocycles. The number of benzene rings is 3. The zero-order valence-electron chi connectivity index (χ0n) is 30.0. The van der Waals surface area contributed by atoms with Crippen LogP contribution in [0.15, 0.2) is 90.6 Å². The molecule has 3 N–H and O–H groups in total. The highest BCUT2D eigenvalue weighted by Gasteiger charge is 2.70. The number of carbonyl (C=O) groups excluding carboxylic acids is 4. The van der Waals surface area contributed by atoms with Gasteiger partial charge in [0.15, 0.2) is 5.82 Å². The zero-order valence-corrected chi connectivity index (χ0v) is 31.5. The molecule has 3 fully saturated rings. The van der Waals surface area contributed by atoms with Crippen molar-refractivity contribution in [2.24, 2.45) is 23.7 Å². The Bertz CT molecular complexity index is 2360. The van der Waals surface area contributed by atoms with Crippen molar-refractivity contribution in [1.29, 1.82) is 0 Å². The molecule has 0 spiro atoms. The summed E-state index contributed by atoms with van der Waals surface area (Å²) in [5, 5.41) is 21.8. The average molecular weight is 822 g/mol. The number of methoxy groups -OCH3 is 1. The molecule has 0 bridgehead atoms. The Morgan fingerprint density at radius 3 is 2.32 bits per heavy atom. The molecule has 1 saturated carbocycles. The fourth-order valence-corrected chi connectivity index (χ4v) is 9.54. The molecule has 0 radical (unpaired) electrons. The van der Waals surface area contributed by atoms with Crippen LogP contribution < -0.4 is 10.2 Å². The third kappa shape index (κ3) is 6.16. The van der Waals surface area contributed by atoms with Gasteiger partial charge in [0.2, 0.25) is 11.8 Å². The number of phenols is 2. The minimum Gasteiger partial charge on any atom is -0.508 e. The highest BCUT2D eigenvalue weighted by Crippen LogP contribution is 2.65. The number of alkyl halides is 3. The monoisotopic (exact) mass is 820 g/mol. The summed E-state index contributed by atoms with van der Waals surface area (Å²) in [5.41, 5.74) is 1.51. The van der Waals surface area contributed by atoms with Crippen molar-refractivity contribution < 1.29 is 47.3 Å². The number of amides is 4. The van der Waals surface area contributed by atoms with Crippen LogP contribution >= 0.6 is 23.2 Å². The van der Waals surface area contributed by atoms with E-state index in [2.05, 4.69) is 10.4 Å². The van der Waals surface area contributed by atoms with Crippen molar-refractivity contribution in [3.63, 3.8) is 0 Å². The number of ether oxygens (including phenoxy) is 1. The highest BCUT2D eigenvalue weighted by molar-refractivity contribution is 6.33. The van der Waals surface area contributed by atoms with Crippen LogP contribution in [0.25, 0.3) is 0 Å². The summed E-state index contributed by atoms with van der Waals surface area (Å²) in [6.07, 6.45) is -2.05. The minimum atomic E-state index is -4.77. The number of fused-ring (bicyclic) bond motifs is 4. The molecule has 57 heavy (non-hydrogen) atoms. The van der Waals surface area contributed by atoms with E-state index >= 15 is 4.79 Å². The van der Waals surface area contributed by atoms with Crippen LogP contribution in [0, 0.1) is 23.7 Å². The van der Waals surface area contributed by atoms with Gasteiger partial charge in [0.1, 0.15) is 17.2 Å². The molecule has 0 unspecified atom stereocenters. The summed E-state index contributed by atoms with van der Waals surface area (Å²) >= 11 is 12.6. The van der Waals surface area contributed by atoms with Crippen molar-refractivity contribution in [2.45, 2.75) is 36.8 Å². The third-order valence-corrected chi connectivity index (χ3v) is 12.3. The number of hydrazine groups is 1. The van der Waals surface area contributed by atoms with E-state index in [-0.39, 0.29) is 42.4 Å². The van der Waals surface area contributed by atoms with Crippen molar-refractivity contribution in [3.8, 4) is 17.2 Å². The zero-order chi connectivity index (χ0) is 40.6. The van der Waals surface area contributed by atoms with Crippen LogP contribution in [0.1, 0.15) is 41.0 Å². The Morgan fingerprint density at radius 2 is 1.65 bits per heavy atom. The first-order valence-corrected chi connectivity index (χ1v) is 18.7. The molecule has 3 aromatic carbocycles. The van der Waals surface area contributed by atoms with Crippen LogP contribution in [0.4, 0.5) is 19.0 Å². The van der Waals surface area contributed by atoms with Gasteiger partial charge in [-0.1, -0.05) is 59.1 Å². The maximum Gasteiger partial charge on any atom is 0.417 e. The lowest BCUT2D eigenvalue weighted by atomic mass is 9.49. The number of phenolic OH excluding ortho intramolecular Hbond substituents is 2. The van der Waals surface area contributed by atoms with Crippen molar-refractivity contribution in [3.05, 3.63) is 123 Å². The van der Waals surface area contributed by atoms with E-state index in [4.69, 9.17) is 27.9 Å². The fraction of sp³-hybridized carbons (Fsp3) is 0.293. The Hall–Kier alpha value is -5.60. The van der Waals surface area contributed by atoms with Gasteiger partial charge in [0.25, 0.3) is 11.8 Å². The van der Waals surface area contributed by atoms with E-state index in [1.54, 1.807) is 42.5 Å². The van der Waals surface area contributed by atoms with E-state index in [1.807, 2.05) is 6.08 Å². The summed E-state index contributed by atoms with van der Waals surface area (Å²) in [6.45, 7) is 0.0751. The number of carbonyl (C=O) groups is 4. The van der Waals surface area contributed by atoms with E-state index in [9.17, 15) is 37.8 Å². The average Bonchev–Trinajstić information content (AvgIpc) is 3.55. The van der Waals surface area contributed by atoms with Crippen LogP contribution in [0.5, 0.6) is 17.2 Å². The number of hydrogen-bond donors (Lipinski definition) is 3. The number of pyridine rings is 1. The number of nitrogens with one attached hydrogen (secondary N) is 1. The maximum absolute atomic E-state index is 15.3. The van der Waals surface area contributed by atoms with Crippen LogP contribution in [0.3, 0.4) is 0 Å². The molecule has 16 heteroatoms. The predicted molar refractivity (Wildman–Crippen MR) is 200 cm³/mol. The van der Waals surface area contributed by atoms with Gasteiger partial charge in [-0.2, -0.15) is 18.2 Å². The number of allylic oxidation sites excluding steroid dienone is 2. The molecule has 4 aliphatic rings. The number of nitrogens with zero attached hydrogens (tertiary/aromatic N) is 3. The maximum atomic E-state index is 15.3. The van der Waals surface area contributed by atoms with E-state index in [0.717, 1.165) is 5.56 Å². The molecule has 4 amide bonds. The molecule has 2 aliphatic heterocycles. The Morgan fingerprint density at radius 1 is 0.930 bits per heavy atom. The quantitative estimate of drug-likeness (QED) is 0.126. The largest absolute Gasteiger partial charge is 0.508 e. The molecule has 4 aromatic rings. The number of imide groups is 2. The first-order chi connectivity index (χ1) is 27.1. The molecule has 11 nitrogen and oxygen atoms in total. The second kappa shape index (κ2) is 14.1. The van der Waals surface area contributed by atoms with Crippen molar-refractivity contribution >= 4 is 52.6 Å². The molecular formula is C41H33Cl2F3N4O7. The molecule has 1 aromatic heterocycles. The number of anilines is 1. The lowest BCUT2D eigenvalue weighted by Crippen LogP contribution is -2.53. The summed E-state index contributed by atoms with van der Waals surface area (Å²) in [4.78, 5) is 63.6. The molecule has 6 atom stereocenters. The van der Waals surface area contributed by atoms with Crippen molar-refractivity contribution in [1.82, 2.24) is 14.9 Å². The fourth-order valence-electron chi connectivity index (χ4n) is 9.21. The van der Waals surface area contributed by atoms with Crippen LogP contribution in [-0.4, -0.2) is 62.4 Å². The Kier molecular flexibility index (Phi) is 9.47. The number of likely N-dealkylation sites (tertiary alicyclic amines) is 1. The molecule has 2 saturated heterocycles. The third-order valence-electron chi connectivity index (χ3n) is 11.8. The van der Waals surface area contributed by atoms with Crippen LogP contribution in [0.2, 0.25) is 10.0 Å². The lowest BCUT2D eigenvalue weighted by Gasteiger charge is -2.50. The standard InChI is InChI=1S/C41H33Cl2F3N4O7/c1-57-25-10-13-32(52)29(17-25)34-26-11-12-27-33(38(55)49(36(27)53)15-14-20-2-8-24(51)9-3-20)28(26)18-30-37(54)50(39(56)40(30,34)21-4-6-23(42)7-5-21)48-35-31(43)16-22(19-47-35)41(44,45)46/h2-11,13,16-17,19,27-28,30,33-34,51-52H,12,14-15,18H2,1H3,(H,47,48)/t27-,28+,30-,33-,34+,40+/m0/s1. The van der Waals surface area contributed by atoms with Gasteiger partial charge < -0.3 is 14.9 Å². The summed E-state index contributed by atoms with van der Waals surface area (Å²) in [5.74, 6) is -7.46. The first-order valence-electron chi connectivity index (χ1n) is 18.0. The van der Waals surface area contributed by atoms with Gasteiger partial charge in [0, 0.05) is 29.2 Å². The predicted octanol–water partition coefficient (Wildman–Crippen LogP) is 7.05. The molecular weight excluding hydrogens is 788 g/mol. The Balaban J connectivity index is 1.27. The van der Waals surface area contributed by atoms with Crippen LogP contribution in [-0.2, 0) is 37.2 Å². The summed E-state index contributed by atoms with van der Waals surface area (Å²) < 4.78 is 46.0. The van der Waals surface area contributed by atoms with Gasteiger partial charge in [-0.15, -0.1) is 0 Å². The Labute approximate surface area is 333 Å². The number of aromatic nitrogens is 1. The topological polar surface area (TPSA) is 149 Å². The van der Waals surface area contributed by atoms with Gasteiger partial charge in [-0.05, 0) is 84.8 Å². The van der Waals surface area contributed by atoms with E-state index < -0.39 is 75.3 Å². The number of hydrogen-bond acceptors (Lipinski definition) is 9. The molecule has 294 valence electrons. The van der Waals surface area contributed by atoms with Gasteiger partial charge >= 0.3 is 6.18 Å². The van der Waals surface area contributed by atoms with Crippen molar-refractivity contribution in [2.75, 3.05) is 19.1 Å². The van der Waals surface area contributed by atoms with Gasteiger partial charge in [-0.3, -0.25) is 29.5 Å². The highest BCUT2D eigenvalue weighted by atomic mass is 35.5. The number of aromatic hydroxyl groups is 2. The first kappa shape index (κ1) is 38.3. The smallest absolute Gasteiger partial charge is 0.417 e.